The zero-order valence-corrected chi connectivity index (χ0v) is 22.0. The van der Waals surface area contributed by atoms with Crippen LogP contribution in [0.2, 0.25) is 0 Å². The Labute approximate surface area is 175 Å². The van der Waals surface area contributed by atoms with E-state index in [2.05, 4.69) is 65.4 Å². The Kier molecular flexibility index (Phi) is 9.15. The monoisotopic (exact) mass is 434 g/mol. The van der Waals surface area contributed by atoms with Gasteiger partial charge in [0.15, 0.2) is 0 Å². The molecule has 0 spiro atoms. The molecule has 1 aromatic carbocycles. The molecule has 0 unspecified atom stereocenters. The minimum atomic E-state index is -1.98. The molecule has 1 aliphatic rings. The third-order valence-electron chi connectivity index (χ3n) is 5.23. The molecule has 0 bridgehead atoms. The van der Waals surface area contributed by atoms with Crippen molar-refractivity contribution in [2.45, 2.75) is 54.9 Å². The van der Waals surface area contributed by atoms with Gasteiger partial charge in [-0.3, -0.25) is 0 Å². The normalized spacial score (nSPS) is 13.6. The summed E-state index contributed by atoms with van der Waals surface area (Å²) in [6.45, 7) is 15.7. The third-order valence-corrected chi connectivity index (χ3v) is 9.23. The summed E-state index contributed by atoms with van der Waals surface area (Å²) >= 11 is -1.98. The number of halogens is 2. The summed E-state index contributed by atoms with van der Waals surface area (Å²) in [4.78, 5) is 4.50. The van der Waals surface area contributed by atoms with Crippen LogP contribution in [0.4, 0.5) is 0 Å². The Morgan fingerprint density at radius 3 is 2.08 bits per heavy atom. The topological polar surface area (TPSA) is 9.23 Å². The second-order valence-corrected chi connectivity index (χ2v) is 11.3. The van der Waals surface area contributed by atoms with Gasteiger partial charge in [-0.2, -0.15) is 0 Å². The summed E-state index contributed by atoms with van der Waals surface area (Å²) in [6, 6.07) is 0. The molecule has 0 N–H and O–H groups in total. The van der Waals surface area contributed by atoms with Gasteiger partial charge in [0.25, 0.3) is 0 Å². The van der Waals surface area contributed by atoms with Crippen molar-refractivity contribution in [3.05, 3.63) is 43.9 Å². The molecule has 1 aliphatic carbocycles. The molecule has 1 aromatic rings. The van der Waals surface area contributed by atoms with E-state index in [0.717, 1.165) is 22.4 Å². The average molecular weight is 435 g/mol. The summed E-state index contributed by atoms with van der Waals surface area (Å²) in [5, 5.41) is 1.49. The Morgan fingerprint density at radius 2 is 1.56 bits per heavy atom. The molecule has 0 aromatic heterocycles. The van der Waals surface area contributed by atoms with Gasteiger partial charge in [-0.05, 0) is 0 Å². The average Bonchev–Trinajstić information content (AvgIpc) is 2.97. The van der Waals surface area contributed by atoms with Crippen LogP contribution < -0.4 is 8.51 Å². The Morgan fingerprint density at radius 1 is 1.00 bits per heavy atom. The minimum absolute atomic E-state index is 0. The Balaban J connectivity index is 0.00000288. The number of hydrogen-bond donors (Lipinski definition) is 0. The van der Waals surface area contributed by atoms with Crippen molar-refractivity contribution in [2.24, 2.45) is 5.41 Å². The van der Waals surface area contributed by atoms with Gasteiger partial charge in [-0.15, -0.1) is 24.8 Å². The molecular formula is C20H32Cl2OSiTi. The van der Waals surface area contributed by atoms with Gasteiger partial charge >= 0.3 is 151 Å². The number of hydrogen-bond acceptors (Lipinski definition) is 1. The van der Waals surface area contributed by atoms with Crippen LogP contribution in [0.3, 0.4) is 0 Å². The maximum atomic E-state index is 6.58. The SMILES string of the molecule is Cl.Cl.[CH2]=[Ti]([O]c1c(C)c(C)c(C)c([SiH3])c1C)[C]1=C(C(C)(C)C)C=CC1. The summed E-state index contributed by atoms with van der Waals surface area (Å²) in [7, 11) is 1.07. The van der Waals surface area contributed by atoms with Crippen molar-refractivity contribution in [1.82, 2.24) is 0 Å². The molecule has 0 saturated heterocycles. The van der Waals surface area contributed by atoms with E-state index >= 15 is 0 Å². The van der Waals surface area contributed by atoms with Crippen LogP contribution in [0, 0.1) is 33.1 Å². The fourth-order valence-electron chi connectivity index (χ4n) is 3.28. The second kappa shape index (κ2) is 9.19. The fourth-order valence-corrected chi connectivity index (χ4v) is 6.66. The number of rotatable bonds is 3. The van der Waals surface area contributed by atoms with Crippen LogP contribution in [0.5, 0.6) is 5.75 Å². The zero-order valence-electron chi connectivity index (χ0n) is 16.8. The third kappa shape index (κ3) is 4.99. The molecule has 140 valence electrons. The first-order valence-electron chi connectivity index (χ1n) is 8.40. The van der Waals surface area contributed by atoms with E-state index in [-0.39, 0.29) is 30.2 Å². The van der Waals surface area contributed by atoms with Crippen LogP contribution >= 0.6 is 24.8 Å². The van der Waals surface area contributed by atoms with Crippen molar-refractivity contribution in [3.63, 3.8) is 0 Å². The second-order valence-electron chi connectivity index (χ2n) is 7.73. The standard InChI is InChI=1S/C10H16OSi.C9H13.CH2.2ClH.Ti/c1-5-6(2)9(11)8(4)10(12)7(5)3;1-9(2,3)8-6-4-5-7-8;;;;/h11H,1-4,12H3;4,6H,5H2,1-3H3;1H2;2*1H;/q;;;;;+1/p-1. The van der Waals surface area contributed by atoms with E-state index in [4.69, 9.17) is 3.32 Å². The van der Waals surface area contributed by atoms with Crippen molar-refractivity contribution in [2.75, 3.05) is 0 Å². The molecule has 0 saturated carbocycles. The molecule has 2 rings (SSSR count). The van der Waals surface area contributed by atoms with Crippen molar-refractivity contribution in [3.8, 4) is 5.75 Å². The zero-order chi connectivity index (χ0) is 17.5. The molecule has 0 atom stereocenters. The molecule has 5 heteroatoms. The molecule has 0 fully saturated rings. The molecular weight excluding hydrogens is 403 g/mol. The van der Waals surface area contributed by atoms with E-state index in [9.17, 15) is 0 Å². The fraction of sp³-hybridized carbons (Fsp3) is 0.450. The van der Waals surface area contributed by atoms with E-state index in [1.807, 2.05) is 0 Å². The van der Waals surface area contributed by atoms with Crippen LogP contribution in [-0.2, 0) is 17.8 Å². The Hall–Kier alpha value is -0.119. The van der Waals surface area contributed by atoms with E-state index < -0.39 is 17.8 Å². The molecule has 25 heavy (non-hydrogen) atoms. The van der Waals surface area contributed by atoms with Crippen LogP contribution in [-0.4, -0.2) is 15.1 Å². The summed E-state index contributed by atoms with van der Waals surface area (Å²) < 4.78 is 8.07. The van der Waals surface area contributed by atoms with Gasteiger partial charge in [0.05, 0.1) is 0 Å². The molecule has 1 nitrogen and oxygen atoms in total. The first-order valence-corrected chi connectivity index (χ1v) is 11.9. The Bertz CT molecular complexity index is 714. The molecule has 0 amide bonds. The van der Waals surface area contributed by atoms with Crippen LogP contribution in [0.25, 0.3) is 0 Å². The van der Waals surface area contributed by atoms with Crippen molar-refractivity contribution < 1.29 is 21.1 Å². The van der Waals surface area contributed by atoms with Gasteiger partial charge in [0.2, 0.25) is 0 Å². The molecule has 0 heterocycles. The van der Waals surface area contributed by atoms with Gasteiger partial charge in [0.1, 0.15) is 0 Å². The van der Waals surface area contributed by atoms with Crippen molar-refractivity contribution >= 4 is 45.1 Å². The summed E-state index contributed by atoms with van der Waals surface area (Å²) in [5.41, 5.74) is 7.11. The first kappa shape index (κ1) is 24.9. The van der Waals surface area contributed by atoms with E-state index in [1.54, 1.807) is 0 Å². The maximum absolute atomic E-state index is 6.58. The predicted molar refractivity (Wildman–Crippen MR) is 117 cm³/mol. The van der Waals surface area contributed by atoms with Crippen molar-refractivity contribution in [1.29, 1.82) is 0 Å². The number of benzene rings is 1. The first-order chi connectivity index (χ1) is 10.6. The molecule has 0 radical (unpaired) electrons. The van der Waals surface area contributed by atoms with Gasteiger partial charge in [-0.1, -0.05) is 0 Å². The summed E-state index contributed by atoms with van der Waals surface area (Å²) in [5.74, 6) is 1.12. The van der Waals surface area contributed by atoms with Crippen LogP contribution in [0.15, 0.2) is 21.6 Å². The van der Waals surface area contributed by atoms with E-state index in [1.165, 1.54) is 36.9 Å². The van der Waals surface area contributed by atoms with Gasteiger partial charge < -0.3 is 0 Å². The quantitative estimate of drug-likeness (QED) is 0.642. The van der Waals surface area contributed by atoms with Gasteiger partial charge in [-0.25, -0.2) is 0 Å². The van der Waals surface area contributed by atoms with Gasteiger partial charge in [0, 0.05) is 0 Å². The molecule has 0 aliphatic heterocycles. The van der Waals surface area contributed by atoms with Crippen LogP contribution in [0.1, 0.15) is 49.4 Å². The summed E-state index contributed by atoms with van der Waals surface area (Å²) in [6.07, 6.45) is 5.59. The number of allylic oxidation sites excluding steroid dienone is 4. The predicted octanol–water partition coefficient (Wildman–Crippen LogP) is 4.36. The van der Waals surface area contributed by atoms with E-state index in [0.29, 0.717) is 0 Å².